The van der Waals surface area contributed by atoms with Gasteiger partial charge in [-0.3, -0.25) is 9.89 Å². The molecule has 0 radical (unpaired) electrons. The number of aliphatic imine (C=N–C) groups is 1. The average Bonchev–Trinajstić information content (AvgIpc) is 2.78. The zero-order chi connectivity index (χ0) is 21.2. The molecule has 1 unspecified atom stereocenters. The molecule has 30 heavy (non-hydrogen) atoms. The number of halogens is 1. The number of nitrogens with zero attached hydrogens (tertiary/aromatic N) is 2. The molecule has 1 heterocycles. The summed E-state index contributed by atoms with van der Waals surface area (Å²) in [5.41, 5.74) is 3.63. The molecule has 3 rings (SSSR count). The maximum Gasteiger partial charge on any atom is 0.191 e. The minimum absolute atomic E-state index is 0.115. The van der Waals surface area contributed by atoms with Gasteiger partial charge in [-0.05, 0) is 28.8 Å². The second-order valence-electron chi connectivity index (χ2n) is 7.24. The van der Waals surface area contributed by atoms with Crippen molar-refractivity contribution < 1.29 is 9.47 Å². The SMILES string of the molecule is CN=C(NCc1ccccc1CN1CCOCC1)NCC(OC)c1cccc(Cl)c1. The van der Waals surface area contributed by atoms with E-state index in [1.807, 2.05) is 24.3 Å². The molecule has 0 aliphatic carbocycles. The minimum Gasteiger partial charge on any atom is -0.379 e. The van der Waals surface area contributed by atoms with Crippen molar-refractivity contribution in [2.45, 2.75) is 19.2 Å². The van der Waals surface area contributed by atoms with Gasteiger partial charge in [0.2, 0.25) is 0 Å². The predicted octanol–water partition coefficient (Wildman–Crippen LogP) is 3.22. The second-order valence-corrected chi connectivity index (χ2v) is 7.68. The fourth-order valence-electron chi connectivity index (χ4n) is 3.52. The van der Waals surface area contributed by atoms with Gasteiger partial charge in [0, 0.05) is 51.9 Å². The number of methoxy groups -OCH3 is 1. The van der Waals surface area contributed by atoms with E-state index in [1.54, 1.807) is 14.2 Å². The molecule has 1 aliphatic rings. The lowest BCUT2D eigenvalue weighted by atomic mass is 10.1. The highest BCUT2D eigenvalue weighted by molar-refractivity contribution is 6.30. The van der Waals surface area contributed by atoms with Crippen molar-refractivity contribution in [1.29, 1.82) is 0 Å². The monoisotopic (exact) mass is 430 g/mol. The molecule has 1 fully saturated rings. The normalized spacial score (nSPS) is 16.3. The van der Waals surface area contributed by atoms with E-state index >= 15 is 0 Å². The van der Waals surface area contributed by atoms with Crippen molar-refractivity contribution in [2.24, 2.45) is 4.99 Å². The van der Waals surface area contributed by atoms with E-state index in [4.69, 9.17) is 21.1 Å². The van der Waals surface area contributed by atoms with Gasteiger partial charge in [0.25, 0.3) is 0 Å². The van der Waals surface area contributed by atoms with Gasteiger partial charge >= 0.3 is 0 Å². The fourth-order valence-corrected chi connectivity index (χ4v) is 3.72. The standard InChI is InChI=1S/C23H31ClN4O2/c1-25-23(27-16-22(29-2)18-8-5-9-21(24)14-18)26-15-19-6-3-4-7-20(19)17-28-10-12-30-13-11-28/h3-9,14,22H,10-13,15-17H2,1-2H3,(H2,25,26,27). The van der Waals surface area contributed by atoms with E-state index in [1.165, 1.54) is 11.1 Å². The maximum atomic E-state index is 6.12. The smallest absolute Gasteiger partial charge is 0.191 e. The van der Waals surface area contributed by atoms with E-state index in [-0.39, 0.29) is 6.10 Å². The molecule has 2 aromatic rings. The summed E-state index contributed by atoms with van der Waals surface area (Å²) in [7, 11) is 3.47. The molecule has 0 bridgehead atoms. The van der Waals surface area contributed by atoms with Crippen LogP contribution in [0.2, 0.25) is 5.02 Å². The van der Waals surface area contributed by atoms with E-state index in [9.17, 15) is 0 Å². The molecule has 0 spiro atoms. The lowest BCUT2D eigenvalue weighted by molar-refractivity contribution is 0.0341. The van der Waals surface area contributed by atoms with Crippen molar-refractivity contribution in [2.75, 3.05) is 47.0 Å². The third-order valence-corrected chi connectivity index (χ3v) is 5.48. The highest BCUT2D eigenvalue weighted by atomic mass is 35.5. The Morgan fingerprint density at radius 1 is 1.13 bits per heavy atom. The molecule has 2 aromatic carbocycles. The Morgan fingerprint density at radius 2 is 1.90 bits per heavy atom. The van der Waals surface area contributed by atoms with Gasteiger partial charge in [0.15, 0.2) is 5.96 Å². The molecular weight excluding hydrogens is 400 g/mol. The topological polar surface area (TPSA) is 58.1 Å². The van der Waals surface area contributed by atoms with Crippen LogP contribution in [0.15, 0.2) is 53.5 Å². The number of benzene rings is 2. The van der Waals surface area contributed by atoms with Crippen molar-refractivity contribution in [3.8, 4) is 0 Å². The average molecular weight is 431 g/mol. The summed E-state index contributed by atoms with van der Waals surface area (Å²) in [6.45, 7) is 5.81. The van der Waals surface area contributed by atoms with Crippen LogP contribution in [0.1, 0.15) is 22.8 Å². The van der Waals surface area contributed by atoms with Crippen LogP contribution in [0.25, 0.3) is 0 Å². The third-order valence-electron chi connectivity index (χ3n) is 5.25. The zero-order valence-electron chi connectivity index (χ0n) is 17.7. The first kappa shape index (κ1) is 22.6. The minimum atomic E-state index is -0.115. The van der Waals surface area contributed by atoms with Gasteiger partial charge < -0.3 is 20.1 Å². The molecule has 1 saturated heterocycles. The second kappa shape index (κ2) is 11.9. The predicted molar refractivity (Wildman–Crippen MR) is 122 cm³/mol. The van der Waals surface area contributed by atoms with Gasteiger partial charge in [-0.2, -0.15) is 0 Å². The number of morpholine rings is 1. The van der Waals surface area contributed by atoms with E-state index in [0.29, 0.717) is 18.1 Å². The van der Waals surface area contributed by atoms with Crippen LogP contribution in [-0.2, 0) is 22.6 Å². The van der Waals surface area contributed by atoms with Gasteiger partial charge in [0.1, 0.15) is 0 Å². The zero-order valence-corrected chi connectivity index (χ0v) is 18.5. The molecule has 162 valence electrons. The Kier molecular flexibility index (Phi) is 8.96. The Bertz CT molecular complexity index is 824. The Hall–Kier alpha value is -2.12. The fraction of sp³-hybridized carbons (Fsp3) is 0.435. The highest BCUT2D eigenvalue weighted by Crippen LogP contribution is 2.19. The molecule has 7 heteroatoms. The molecule has 1 aliphatic heterocycles. The Labute approximate surface area is 184 Å². The van der Waals surface area contributed by atoms with E-state index < -0.39 is 0 Å². The van der Waals surface area contributed by atoms with Gasteiger partial charge in [-0.1, -0.05) is 48.0 Å². The van der Waals surface area contributed by atoms with Crippen LogP contribution >= 0.6 is 11.6 Å². The first-order valence-corrected chi connectivity index (χ1v) is 10.7. The molecule has 0 saturated carbocycles. The number of rotatable bonds is 8. The van der Waals surface area contributed by atoms with Crippen LogP contribution in [0.3, 0.4) is 0 Å². The largest absolute Gasteiger partial charge is 0.379 e. The number of ether oxygens (including phenoxy) is 2. The summed E-state index contributed by atoms with van der Waals surface area (Å²) in [4.78, 5) is 6.79. The molecule has 2 N–H and O–H groups in total. The first-order chi connectivity index (χ1) is 14.7. The molecule has 1 atom stereocenters. The quantitative estimate of drug-likeness (QED) is 0.497. The summed E-state index contributed by atoms with van der Waals surface area (Å²) in [5.74, 6) is 0.736. The number of nitrogens with one attached hydrogen (secondary N) is 2. The molecule has 0 amide bonds. The van der Waals surface area contributed by atoms with Crippen molar-refractivity contribution in [1.82, 2.24) is 15.5 Å². The summed E-state index contributed by atoms with van der Waals surface area (Å²) < 4.78 is 11.1. The maximum absolute atomic E-state index is 6.12. The molecule has 6 nitrogen and oxygen atoms in total. The summed E-state index contributed by atoms with van der Waals surface area (Å²) in [6, 6.07) is 16.3. The number of hydrogen-bond donors (Lipinski definition) is 2. The lowest BCUT2D eigenvalue weighted by Gasteiger charge is -2.27. The first-order valence-electron chi connectivity index (χ1n) is 10.3. The van der Waals surface area contributed by atoms with Crippen LogP contribution in [0.4, 0.5) is 0 Å². The molecule has 0 aromatic heterocycles. The van der Waals surface area contributed by atoms with Gasteiger partial charge in [-0.25, -0.2) is 0 Å². The summed E-state index contributed by atoms with van der Waals surface area (Å²) in [5, 5.41) is 7.48. The van der Waals surface area contributed by atoms with Crippen molar-refractivity contribution in [3.63, 3.8) is 0 Å². The van der Waals surface area contributed by atoms with E-state index in [2.05, 4.69) is 44.8 Å². The molecular formula is C23H31ClN4O2. The Morgan fingerprint density at radius 3 is 2.60 bits per heavy atom. The van der Waals surface area contributed by atoms with Gasteiger partial charge in [-0.15, -0.1) is 0 Å². The van der Waals surface area contributed by atoms with Crippen LogP contribution < -0.4 is 10.6 Å². The van der Waals surface area contributed by atoms with Crippen molar-refractivity contribution >= 4 is 17.6 Å². The van der Waals surface area contributed by atoms with Crippen molar-refractivity contribution in [3.05, 3.63) is 70.2 Å². The van der Waals surface area contributed by atoms with Crippen LogP contribution in [0, 0.1) is 0 Å². The van der Waals surface area contributed by atoms with Crippen LogP contribution in [0.5, 0.6) is 0 Å². The Balaban J connectivity index is 1.55. The summed E-state index contributed by atoms with van der Waals surface area (Å²) in [6.07, 6.45) is -0.115. The number of hydrogen-bond acceptors (Lipinski definition) is 4. The summed E-state index contributed by atoms with van der Waals surface area (Å²) >= 11 is 6.12. The lowest BCUT2D eigenvalue weighted by Crippen LogP contribution is -2.39. The number of guanidine groups is 1. The van der Waals surface area contributed by atoms with E-state index in [0.717, 1.165) is 44.4 Å². The van der Waals surface area contributed by atoms with Crippen LogP contribution in [-0.4, -0.2) is 57.9 Å². The highest BCUT2D eigenvalue weighted by Gasteiger charge is 2.14. The third kappa shape index (κ3) is 6.71. The van der Waals surface area contributed by atoms with Gasteiger partial charge in [0.05, 0.1) is 19.3 Å².